The monoisotopic (exact) mass is 398 g/mol. The van der Waals surface area contributed by atoms with Gasteiger partial charge in [0.05, 0.1) is 16.7 Å². The summed E-state index contributed by atoms with van der Waals surface area (Å²) in [7, 11) is 1.74. The zero-order chi connectivity index (χ0) is 20.7. The third kappa shape index (κ3) is 3.01. The number of imidazole rings is 1. The SMILES string of the molecule is CN(C(=O)Cn1c(=O)n2c3c(cc(-c4ccccn4)cc31)CCC2)c1ccccc1. The van der Waals surface area contributed by atoms with Crippen LogP contribution in [0.15, 0.2) is 71.7 Å². The van der Waals surface area contributed by atoms with Crippen molar-refractivity contribution in [3.05, 3.63) is 82.9 Å². The molecule has 1 aliphatic rings. The molecule has 30 heavy (non-hydrogen) atoms. The smallest absolute Gasteiger partial charge is 0.314 e. The topological polar surface area (TPSA) is 60.1 Å². The fraction of sp³-hybridized carbons (Fsp3) is 0.208. The van der Waals surface area contributed by atoms with Crippen molar-refractivity contribution in [2.45, 2.75) is 25.9 Å². The van der Waals surface area contributed by atoms with Gasteiger partial charge >= 0.3 is 5.69 Å². The summed E-state index contributed by atoms with van der Waals surface area (Å²) < 4.78 is 3.42. The third-order valence-corrected chi connectivity index (χ3v) is 5.79. The van der Waals surface area contributed by atoms with Crippen LogP contribution in [0.25, 0.3) is 22.3 Å². The van der Waals surface area contributed by atoms with Crippen molar-refractivity contribution in [2.24, 2.45) is 0 Å². The highest BCUT2D eigenvalue weighted by atomic mass is 16.2. The molecular formula is C24H22N4O2. The van der Waals surface area contributed by atoms with Gasteiger partial charge in [0, 0.05) is 31.0 Å². The standard InChI is InChI=1S/C24H22N4O2/c1-26(19-9-3-2-4-10-19)22(29)16-28-21-15-18(20-11-5-6-12-25-20)14-17-8-7-13-27(23(17)21)24(28)30/h2-6,9-12,14-15H,7-8,13,16H2,1H3. The van der Waals surface area contributed by atoms with Gasteiger partial charge in [0.1, 0.15) is 6.54 Å². The maximum Gasteiger partial charge on any atom is 0.329 e. The lowest BCUT2D eigenvalue weighted by atomic mass is 9.99. The fourth-order valence-corrected chi connectivity index (χ4v) is 4.24. The molecule has 0 atom stereocenters. The highest BCUT2D eigenvalue weighted by Gasteiger charge is 2.23. The molecular weight excluding hydrogens is 376 g/mol. The van der Waals surface area contributed by atoms with E-state index >= 15 is 0 Å². The molecule has 3 heterocycles. The van der Waals surface area contributed by atoms with Crippen LogP contribution in [-0.2, 0) is 24.3 Å². The molecule has 0 saturated carbocycles. The average Bonchev–Trinajstić information content (AvgIpc) is 3.07. The van der Waals surface area contributed by atoms with E-state index < -0.39 is 0 Å². The lowest BCUT2D eigenvalue weighted by molar-refractivity contribution is -0.118. The molecule has 1 amide bonds. The summed E-state index contributed by atoms with van der Waals surface area (Å²) >= 11 is 0. The first-order chi connectivity index (χ1) is 14.6. The first-order valence-corrected chi connectivity index (χ1v) is 10.1. The summed E-state index contributed by atoms with van der Waals surface area (Å²) in [6.45, 7) is 0.680. The molecule has 2 aromatic carbocycles. The van der Waals surface area contributed by atoms with Crippen LogP contribution in [-0.4, -0.2) is 27.1 Å². The van der Waals surface area contributed by atoms with E-state index in [0.717, 1.165) is 46.4 Å². The zero-order valence-electron chi connectivity index (χ0n) is 16.8. The number of aromatic nitrogens is 3. The predicted molar refractivity (Wildman–Crippen MR) is 118 cm³/mol. The first-order valence-electron chi connectivity index (χ1n) is 10.1. The molecule has 0 bridgehead atoms. The van der Waals surface area contributed by atoms with E-state index in [0.29, 0.717) is 6.54 Å². The number of benzene rings is 2. The van der Waals surface area contributed by atoms with Crippen molar-refractivity contribution in [1.82, 2.24) is 14.1 Å². The quantitative estimate of drug-likeness (QED) is 0.529. The summed E-state index contributed by atoms with van der Waals surface area (Å²) in [5.41, 5.74) is 5.39. The second kappa shape index (κ2) is 7.30. The van der Waals surface area contributed by atoms with Gasteiger partial charge in [0.25, 0.3) is 0 Å². The van der Waals surface area contributed by atoms with Crippen molar-refractivity contribution in [3.63, 3.8) is 0 Å². The molecule has 0 spiro atoms. The van der Waals surface area contributed by atoms with E-state index in [4.69, 9.17) is 0 Å². The molecule has 0 radical (unpaired) electrons. The summed E-state index contributed by atoms with van der Waals surface area (Å²) in [6.07, 6.45) is 3.59. The van der Waals surface area contributed by atoms with Gasteiger partial charge < -0.3 is 4.90 Å². The summed E-state index contributed by atoms with van der Waals surface area (Å²) in [4.78, 5) is 32.3. The lowest BCUT2D eigenvalue weighted by Crippen LogP contribution is -2.34. The molecule has 150 valence electrons. The number of pyridine rings is 1. The van der Waals surface area contributed by atoms with Crippen LogP contribution in [0, 0.1) is 0 Å². The molecule has 0 saturated heterocycles. The van der Waals surface area contributed by atoms with E-state index in [-0.39, 0.29) is 18.1 Å². The van der Waals surface area contributed by atoms with Gasteiger partial charge in [-0.05, 0) is 54.8 Å². The zero-order valence-corrected chi connectivity index (χ0v) is 16.8. The number of carbonyl (C=O) groups excluding carboxylic acids is 1. The highest BCUT2D eigenvalue weighted by molar-refractivity contribution is 5.94. The van der Waals surface area contributed by atoms with E-state index in [1.165, 1.54) is 0 Å². The van der Waals surface area contributed by atoms with Crippen LogP contribution in [0.1, 0.15) is 12.0 Å². The Kier molecular flexibility index (Phi) is 4.47. The minimum atomic E-state index is -0.133. The molecule has 1 aliphatic heterocycles. The van der Waals surface area contributed by atoms with Crippen molar-refractivity contribution >= 4 is 22.6 Å². The second-order valence-electron chi connectivity index (χ2n) is 7.63. The van der Waals surface area contributed by atoms with Crippen molar-refractivity contribution < 1.29 is 4.79 Å². The maximum absolute atomic E-state index is 13.2. The van der Waals surface area contributed by atoms with Gasteiger partial charge in [-0.25, -0.2) is 4.79 Å². The Balaban J connectivity index is 1.62. The third-order valence-electron chi connectivity index (χ3n) is 5.79. The molecule has 6 nitrogen and oxygen atoms in total. The minimum Gasteiger partial charge on any atom is -0.314 e. The largest absolute Gasteiger partial charge is 0.329 e. The van der Waals surface area contributed by atoms with Crippen LogP contribution in [0.2, 0.25) is 0 Å². The summed E-state index contributed by atoms with van der Waals surface area (Å²) in [5, 5.41) is 0. The predicted octanol–water partition coefficient (Wildman–Crippen LogP) is 3.47. The Morgan fingerprint density at radius 1 is 1.10 bits per heavy atom. The number of carbonyl (C=O) groups is 1. The Morgan fingerprint density at radius 3 is 2.67 bits per heavy atom. The van der Waals surface area contributed by atoms with Gasteiger partial charge in [-0.2, -0.15) is 0 Å². The lowest BCUT2D eigenvalue weighted by Gasteiger charge is -2.17. The first kappa shape index (κ1) is 18.4. The highest BCUT2D eigenvalue weighted by Crippen LogP contribution is 2.30. The second-order valence-corrected chi connectivity index (χ2v) is 7.63. The number of amides is 1. The van der Waals surface area contributed by atoms with E-state index in [1.807, 2.05) is 59.2 Å². The van der Waals surface area contributed by atoms with E-state index in [9.17, 15) is 9.59 Å². The van der Waals surface area contributed by atoms with Gasteiger partial charge in [0.2, 0.25) is 5.91 Å². The number of hydrogen-bond donors (Lipinski definition) is 0. The van der Waals surface area contributed by atoms with Crippen LogP contribution >= 0.6 is 0 Å². The Labute approximate surface area is 174 Å². The maximum atomic E-state index is 13.2. The van der Waals surface area contributed by atoms with E-state index in [2.05, 4.69) is 11.1 Å². The Bertz CT molecular complexity index is 1290. The van der Waals surface area contributed by atoms with Crippen molar-refractivity contribution in [3.8, 4) is 11.3 Å². The average molecular weight is 398 g/mol. The van der Waals surface area contributed by atoms with Gasteiger partial charge in [-0.15, -0.1) is 0 Å². The van der Waals surface area contributed by atoms with Crippen LogP contribution in [0.3, 0.4) is 0 Å². The summed E-state index contributed by atoms with van der Waals surface area (Å²) in [5.74, 6) is -0.133. The van der Waals surface area contributed by atoms with Crippen LogP contribution in [0.5, 0.6) is 0 Å². The van der Waals surface area contributed by atoms with Gasteiger partial charge in [0.15, 0.2) is 0 Å². The number of likely N-dealkylation sites (N-methyl/N-ethyl adjacent to an activating group) is 1. The Hall–Kier alpha value is -3.67. The molecule has 6 heteroatoms. The minimum absolute atomic E-state index is 0.00115. The molecule has 0 N–H and O–H groups in total. The normalized spacial score (nSPS) is 12.8. The fourth-order valence-electron chi connectivity index (χ4n) is 4.24. The molecule has 0 fully saturated rings. The number of aryl methyl sites for hydroxylation is 2. The molecule has 2 aromatic heterocycles. The van der Waals surface area contributed by atoms with Crippen molar-refractivity contribution in [2.75, 3.05) is 11.9 Å². The molecule has 4 aromatic rings. The number of hydrogen-bond acceptors (Lipinski definition) is 3. The van der Waals surface area contributed by atoms with Crippen molar-refractivity contribution in [1.29, 1.82) is 0 Å². The number of para-hydroxylation sites is 1. The van der Waals surface area contributed by atoms with Crippen LogP contribution in [0.4, 0.5) is 5.69 Å². The molecule has 0 aliphatic carbocycles. The summed E-state index contributed by atoms with van der Waals surface area (Å²) in [6, 6.07) is 19.4. The van der Waals surface area contributed by atoms with Gasteiger partial charge in [-0.3, -0.25) is 18.9 Å². The Morgan fingerprint density at radius 2 is 1.90 bits per heavy atom. The molecule has 5 rings (SSSR count). The molecule has 0 unspecified atom stereocenters. The van der Waals surface area contributed by atoms with E-state index in [1.54, 1.807) is 22.7 Å². The van der Waals surface area contributed by atoms with Gasteiger partial charge in [-0.1, -0.05) is 24.3 Å². The number of rotatable bonds is 4. The van der Waals surface area contributed by atoms with Crippen LogP contribution < -0.4 is 10.6 Å². The number of anilines is 1. The number of nitrogens with zero attached hydrogens (tertiary/aromatic N) is 4.